The van der Waals surface area contributed by atoms with Crippen LogP contribution in [0.4, 0.5) is 14.9 Å². The van der Waals surface area contributed by atoms with Crippen LogP contribution in [-0.2, 0) is 14.8 Å². The van der Waals surface area contributed by atoms with Gasteiger partial charge < -0.3 is 4.74 Å². The highest BCUT2D eigenvalue weighted by atomic mass is 32.2. The largest absolute Gasteiger partial charge is 0.443 e. The van der Waals surface area contributed by atoms with E-state index in [2.05, 4.69) is 14.8 Å². The van der Waals surface area contributed by atoms with Gasteiger partial charge >= 0.3 is 6.09 Å². The van der Waals surface area contributed by atoms with Gasteiger partial charge in [-0.3, -0.25) is 9.88 Å². The Bertz CT molecular complexity index is 1180. The Morgan fingerprint density at radius 2 is 2.13 bits per heavy atom. The number of pyridine rings is 1. The minimum Gasteiger partial charge on any atom is -0.443 e. The third-order valence-electron chi connectivity index (χ3n) is 4.48. The first-order valence-corrected chi connectivity index (χ1v) is 10.9. The monoisotopic (exact) mass is 431 g/mol. The molecule has 0 aliphatic carbocycles. The van der Waals surface area contributed by atoms with Crippen LogP contribution in [0.5, 0.6) is 0 Å². The summed E-state index contributed by atoms with van der Waals surface area (Å²) in [6.07, 6.45) is 4.60. The van der Waals surface area contributed by atoms with Crippen LogP contribution in [0.25, 0.3) is 16.9 Å². The van der Waals surface area contributed by atoms with Gasteiger partial charge in [-0.1, -0.05) is 6.07 Å². The lowest BCUT2D eigenvalue weighted by atomic mass is 10.2. The molecule has 11 heteroatoms. The van der Waals surface area contributed by atoms with Crippen molar-refractivity contribution in [3.05, 3.63) is 60.8 Å². The summed E-state index contributed by atoms with van der Waals surface area (Å²) in [6, 6.07) is 9.78. The molecule has 156 valence electrons. The first kappa shape index (κ1) is 20.0. The van der Waals surface area contributed by atoms with Gasteiger partial charge in [0, 0.05) is 24.5 Å². The minimum absolute atomic E-state index is 0.0504. The summed E-state index contributed by atoms with van der Waals surface area (Å²) in [5.41, 5.74) is 1.97. The van der Waals surface area contributed by atoms with Gasteiger partial charge in [0.1, 0.15) is 11.8 Å². The van der Waals surface area contributed by atoms with E-state index in [1.165, 1.54) is 21.7 Å². The van der Waals surface area contributed by atoms with Crippen molar-refractivity contribution in [2.75, 3.05) is 24.2 Å². The van der Waals surface area contributed by atoms with Crippen molar-refractivity contribution >= 4 is 21.8 Å². The molecule has 0 saturated carbocycles. The Morgan fingerprint density at radius 3 is 2.83 bits per heavy atom. The number of halogens is 1. The Labute approximate surface area is 172 Å². The van der Waals surface area contributed by atoms with E-state index in [1.54, 1.807) is 30.7 Å². The van der Waals surface area contributed by atoms with Crippen LogP contribution < -0.4 is 9.62 Å². The number of hydrogen-bond acceptors (Lipinski definition) is 6. The molecule has 30 heavy (non-hydrogen) atoms. The summed E-state index contributed by atoms with van der Waals surface area (Å²) < 4.78 is 46.0. The molecular weight excluding hydrogens is 413 g/mol. The summed E-state index contributed by atoms with van der Waals surface area (Å²) in [6.45, 7) is 0.0525. The molecule has 0 bridgehead atoms. The van der Waals surface area contributed by atoms with E-state index in [0.717, 1.165) is 11.8 Å². The first-order chi connectivity index (χ1) is 14.3. The molecule has 0 spiro atoms. The smallest absolute Gasteiger partial charge is 0.414 e. The predicted molar refractivity (Wildman–Crippen MR) is 107 cm³/mol. The Kier molecular flexibility index (Phi) is 5.22. The van der Waals surface area contributed by atoms with Crippen LogP contribution in [0.2, 0.25) is 0 Å². The number of cyclic esters (lactones) is 1. The SMILES string of the molecule is CS(=O)(=O)NC[C@H]1CN(c2ccc(-n3cc(-c4ccccn4)cn3)c(F)c2)C(=O)O1. The molecule has 1 aliphatic rings. The molecular formula is C19H18FN5O4S. The van der Waals surface area contributed by atoms with E-state index in [4.69, 9.17) is 4.74 Å². The average Bonchev–Trinajstić information content (AvgIpc) is 3.33. The number of ether oxygens (including phenoxy) is 1. The number of nitrogens with zero attached hydrogens (tertiary/aromatic N) is 4. The van der Waals surface area contributed by atoms with E-state index in [1.807, 2.05) is 12.1 Å². The van der Waals surface area contributed by atoms with Crippen LogP contribution in [-0.4, -0.2) is 54.7 Å². The van der Waals surface area contributed by atoms with Crippen molar-refractivity contribution in [1.29, 1.82) is 0 Å². The van der Waals surface area contributed by atoms with Gasteiger partial charge in [-0.2, -0.15) is 5.10 Å². The predicted octanol–water partition coefficient (Wildman–Crippen LogP) is 1.95. The fraction of sp³-hybridized carbons (Fsp3) is 0.211. The van der Waals surface area contributed by atoms with Gasteiger partial charge in [0.15, 0.2) is 5.82 Å². The zero-order valence-corrected chi connectivity index (χ0v) is 16.7. The highest BCUT2D eigenvalue weighted by molar-refractivity contribution is 7.88. The molecule has 1 aliphatic heterocycles. The van der Waals surface area contributed by atoms with Gasteiger partial charge in [-0.05, 0) is 30.3 Å². The molecule has 4 rings (SSSR count). The maximum absolute atomic E-state index is 14.8. The van der Waals surface area contributed by atoms with Gasteiger partial charge in [0.05, 0.1) is 30.4 Å². The lowest BCUT2D eigenvalue weighted by Crippen LogP contribution is -2.34. The van der Waals surface area contributed by atoms with Crippen molar-refractivity contribution in [1.82, 2.24) is 19.5 Å². The number of nitrogens with one attached hydrogen (secondary N) is 1. The molecule has 1 fully saturated rings. The van der Waals surface area contributed by atoms with Crippen LogP contribution >= 0.6 is 0 Å². The standard InChI is InChI=1S/C19H18FN5O4S/c1-30(27,28)23-10-15-12-24(19(26)29-15)14-5-6-18(16(20)8-14)25-11-13(9-22-25)17-4-2-3-7-21-17/h2-9,11,15,23H,10,12H2,1H3/t15-/m0/s1. The van der Waals surface area contributed by atoms with E-state index in [0.29, 0.717) is 11.4 Å². The lowest BCUT2D eigenvalue weighted by Gasteiger charge is -2.14. The second kappa shape index (κ2) is 7.84. The Balaban J connectivity index is 1.51. The van der Waals surface area contributed by atoms with Gasteiger partial charge in [-0.15, -0.1) is 0 Å². The van der Waals surface area contributed by atoms with Crippen molar-refractivity contribution in [2.45, 2.75) is 6.10 Å². The molecule has 2 aromatic heterocycles. The lowest BCUT2D eigenvalue weighted by molar-refractivity contribution is 0.143. The fourth-order valence-corrected chi connectivity index (χ4v) is 3.54. The second-order valence-electron chi connectivity index (χ2n) is 6.76. The van der Waals surface area contributed by atoms with Crippen LogP contribution in [0.1, 0.15) is 0 Å². The summed E-state index contributed by atoms with van der Waals surface area (Å²) in [5.74, 6) is -0.575. The van der Waals surface area contributed by atoms with E-state index in [9.17, 15) is 17.6 Å². The van der Waals surface area contributed by atoms with Gasteiger partial charge in [-0.25, -0.2) is 27.0 Å². The maximum atomic E-state index is 14.8. The molecule has 1 amide bonds. The van der Waals surface area contributed by atoms with Crippen molar-refractivity contribution in [3.8, 4) is 16.9 Å². The molecule has 1 aromatic carbocycles. The quantitative estimate of drug-likeness (QED) is 0.639. The molecule has 0 unspecified atom stereocenters. The van der Waals surface area contributed by atoms with E-state index in [-0.39, 0.29) is 18.8 Å². The molecule has 1 N–H and O–H groups in total. The number of benzene rings is 1. The zero-order chi connectivity index (χ0) is 21.3. The summed E-state index contributed by atoms with van der Waals surface area (Å²) in [4.78, 5) is 17.6. The van der Waals surface area contributed by atoms with Crippen LogP contribution in [0, 0.1) is 5.82 Å². The fourth-order valence-electron chi connectivity index (χ4n) is 3.05. The molecule has 3 aromatic rings. The number of amides is 1. The van der Waals surface area contributed by atoms with Gasteiger partial charge in [0.2, 0.25) is 10.0 Å². The molecule has 1 saturated heterocycles. The molecule has 0 radical (unpaired) electrons. The van der Waals surface area contributed by atoms with Crippen molar-refractivity contribution in [3.63, 3.8) is 0 Å². The van der Waals surface area contributed by atoms with Gasteiger partial charge in [0.25, 0.3) is 0 Å². The van der Waals surface area contributed by atoms with Crippen molar-refractivity contribution in [2.24, 2.45) is 0 Å². The zero-order valence-electron chi connectivity index (χ0n) is 15.9. The topological polar surface area (TPSA) is 106 Å². The normalized spacial score (nSPS) is 16.7. The number of sulfonamides is 1. The highest BCUT2D eigenvalue weighted by Gasteiger charge is 2.33. The summed E-state index contributed by atoms with van der Waals surface area (Å²) >= 11 is 0. The van der Waals surface area contributed by atoms with Crippen LogP contribution in [0.15, 0.2) is 55.0 Å². The number of aromatic nitrogens is 3. The maximum Gasteiger partial charge on any atom is 0.414 e. The number of carbonyl (C=O) groups excluding carboxylic acids is 1. The number of anilines is 1. The van der Waals surface area contributed by atoms with E-state index < -0.39 is 28.0 Å². The van der Waals surface area contributed by atoms with E-state index >= 15 is 0 Å². The molecule has 1 atom stereocenters. The molecule has 9 nitrogen and oxygen atoms in total. The highest BCUT2D eigenvalue weighted by Crippen LogP contribution is 2.26. The Hall–Kier alpha value is -3.31. The number of rotatable bonds is 6. The minimum atomic E-state index is -3.41. The third kappa shape index (κ3) is 4.31. The molecule has 3 heterocycles. The van der Waals surface area contributed by atoms with Crippen LogP contribution in [0.3, 0.4) is 0 Å². The number of hydrogen-bond donors (Lipinski definition) is 1. The third-order valence-corrected chi connectivity index (χ3v) is 5.17. The number of carbonyl (C=O) groups is 1. The summed E-state index contributed by atoms with van der Waals surface area (Å²) in [7, 11) is -3.41. The average molecular weight is 431 g/mol. The first-order valence-electron chi connectivity index (χ1n) is 8.99. The Morgan fingerprint density at radius 1 is 1.30 bits per heavy atom. The second-order valence-corrected chi connectivity index (χ2v) is 8.59. The summed E-state index contributed by atoms with van der Waals surface area (Å²) in [5, 5.41) is 4.19. The van der Waals surface area contributed by atoms with Crippen molar-refractivity contribution < 1.29 is 22.3 Å².